The van der Waals surface area contributed by atoms with Crippen LogP contribution >= 0.6 is 0 Å². The van der Waals surface area contributed by atoms with Gasteiger partial charge in [0, 0.05) is 0 Å². The van der Waals surface area contributed by atoms with Crippen molar-refractivity contribution in [3.63, 3.8) is 0 Å². The third kappa shape index (κ3) is 2.39. The van der Waals surface area contributed by atoms with Crippen LogP contribution in [-0.4, -0.2) is 25.7 Å². The van der Waals surface area contributed by atoms with Crippen LogP contribution in [0.4, 0.5) is 0 Å². The van der Waals surface area contributed by atoms with E-state index in [1.807, 2.05) is 13.0 Å². The molecule has 1 N–H and O–H groups in total. The molecule has 1 aromatic carbocycles. The Morgan fingerprint density at radius 1 is 1.43 bits per heavy atom. The Morgan fingerprint density at radius 2 is 2.07 bits per heavy atom. The quantitative estimate of drug-likeness (QED) is 0.836. The van der Waals surface area contributed by atoms with E-state index in [1.165, 1.54) is 4.35 Å². The molecule has 1 aromatic rings. The standard InChI is InChI=1S/C11H15AsO2/c1-4-8-7-9(12(2)3)5-6-10(8)11(13)14/h5-7H,4H2,1-3H3,(H,13,14). The second kappa shape index (κ2) is 4.65. The van der Waals surface area contributed by atoms with Crippen molar-refractivity contribution in [1.29, 1.82) is 0 Å². The summed E-state index contributed by atoms with van der Waals surface area (Å²) in [4.78, 5) is 10.9. The Balaban J connectivity index is 3.18. The zero-order valence-electron chi connectivity index (χ0n) is 8.74. The van der Waals surface area contributed by atoms with E-state index in [4.69, 9.17) is 5.11 Å². The molecular formula is C11H15AsO2. The molecule has 0 atom stereocenters. The van der Waals surface area contributed by atoms with Crippen molar-refractivity contribution in [3.05, 3.63) is 29.3 Å². The van der Waals surface area contributed by atoms with Crippen LogP contribution in [0.2, 0.25) is 11.4 Å². The molecule has 3 heteroatoms. The van der Waals surface area contributed by atoms with Gasteiger partial charge in [0.25, 0.3) is 0 Å². The van der Waals surface area contributed by atoms with Gasteiger partial charge >= 0.3 is 89.0 Å². The van der Waals surface area contributed by atoms with Crippen molar-refractivity contribution < 1.29 is 9.90 Å². The Morgan fingerprint density at radius 3 is 2.50 bits per heavy atom. The molecule has 1 rings (SSSR count). The number of hydrogen-bond acceptors (Lipinski definition) is 1. The van der Waals surface area contributed by atoms with E-state index in [-0.39, 0.29) is 0 Å². The summed E-state index contributed by atoms with van der Waals surface area (Å²) < 4.78 is 1.35. The second-order valence-corrected chi connectivity index (χ2v) is 8.23. The van der Waals surface area contributed by atoms with Gasteiger partial charge in [-0.15, -0.1) is 0 Å². The average molecular weight is 254 g/mol. The summed E-state index contributed by atoms with van der Waals surface area (Å²) in [7, 11) is 0. The van der Waals surface area contributed by atoms with Crippen molar-refractivity contribution in [2.45, 2.75) is 24.8 Å². The van der Waals surface area contributed by atoms with Crippen molar-refractivity contribution in [2.75, 3.05) is 0 Å². The van der Waals surface area contributed by atoms with Gasteiger partial charge in [-0.1, -0.05) is 0 Å². The summed E-state index contributed by atoms with van der Waals surface area (Å²) in [5, 5.41) is 8.94. The molecule has 0 saturated heterocycles. The first-order valence-electron chi connectivity index (χ1n) is 4.59. The minimum atomic E-state index is -0.879. The topological polar surface area (TPSA) is 37.3 Å². The second-order valence-electron chi connectivity index (χ2n) is 3.39. The summed E-state index contributed by atoms with van der Waals surface area (Å²) in [6.45, 7) is 1.99. The molecule has 0 aromatic heterocycles. The summed E-state index contributed by atoms with van der Waals surface area (Å²) in [6, 6.07) is 5.76. The van der Waals surface area contributed by atoms with Crippen LogP contribution in [0, 0.1) is 0 Å². The van der Waals surface area contributed by atoms with Crippen molar-refractivity contribution in [3.8, 4) is 0 Å². The fourth-order valence-electron chi connectivity index (χ4n) is 1.36. The van der Waals surface area contributed by atoms with Gasteiger partial charge < -0.3 is 0 Å². The van der Waals surface area contributed by atoms with E-state index in [0.29, 0.717) is 5.56 Å². The SMILES string of the molecule is CCc1cc([As](C)C)ccc1C(=O)O. The zero-order chi connectivity index (χ0) is 10.7. The molecule has 0 saturated carbocycles. The Hall–Kier alpha value is -0.752. The first-order chi connectivity index (χ1) is 6.56. The number of carbonyl (C=O) groups is 1. The van der Waals surface area contributed by atoms with Gasteiger partial charge in [0.1, 0.15) is 0 Å². The van der Waals surface area contributed by atoms with Crippen molar-refractivity contribution in [2.24, 2.45) is 0 Å². The summed E-state index contributed by atoms with van der Waals surface area (Å²) >= 11 is -0.879. The first-order valence-corrected chi connectivity index (χ1v) is 9.29. The van der Waals surface area contributed by atoms with Crippen LogP contribution in [0.1, 0.15) is 22.8 Å². The maximum atomic E-state index is 10.9. The average Bonchev–Trinajstić information content (AvgIpc) is 2.16. The van der Waals surface area contributed by atoms with Gasteiger partial charge in [0.2, 0.25) is 0 Å². The molecule has 0 aliphatic heterocycles. The fourth-order valence-corrected chi connectivity index (χ4v) is 3.01. The number of rotatable bonds is 3. The van der Waals surface area contributed by atoms with Gasteiger partial charge in [-0.2, -0.15) is 0 Å². The fraction of sp³-hybridized carbons (Fsp3) is 0.364. The monoisotopic (exact) mass is 254 g/mol. The number of carboxylic acids is 1. The molecule has 14 heavy (non-hydrogen) atoms. The van der Waals surface area contributed by atoms with Crippen LogP contribution in [0.3, 0.4) is 0 Å². The molecule has 0 amide bonds. The van der Waals surface area contributed by atoms with Crippen molar-refractivity contribution >= 4 is 25.0 Å². The molecule has 0 aliphatic carbocycles. The summed E-state index contributed by atoms with van der Waals surface area (Å²) in [5.41, 5.74) is 5.91. The molecule has 0 spiro atoms. The maximum absolute atomic E-state index is 10.9. The van der Waals surface area contributed by atoms with Gasteiger partial charge in [0.15, 0.2) is 0 Å². The molecule has 0 unspecified atom stereocenters. The number of carboxylic acid groups (broad SMARTS) is 1. The number of aryl methyl sites for hydroxylation is 1. The van der Waals surface area contributed by atoms with Gasteiger partial charge in [-0.3, -0.25) is 0 Å². The van der Waals surface area contributed by atoms with E-state index < -0.39 is 20.6 Å². The van der Waals surface area contributed by atoms with E-state index in [2.05, 4.69) is 17.5 Å². The first kappa shape index (κ1) is 11.3. The predicted octanol–water partition coefficient (Wildman–Crippen LogP) is 1.91. The summed E-state index contributed by atoms with van der Waals surface area (Å²) in [6.07, 6.45) is 0.789. The molecule has 0 fully saturated rings. The third-order valence-electron chi connectivity index (χ3n) is 2.22. The summed E-state index contributed by atoms with van der Waals surface area (Å²) in [5.74, 6) is -0.820. The number of benzene rings is 1. The van der Waals surface area contributed by atoms with E-state index in [0.717, 1.165) is 12.0 Å². The Bertz CT molecular complexity index is 345. The molecule has 76 valence electrons. The molecule has 0 aliphatic rings. The number of hydrogen-bond donors (Lipinski definition) is 1. The van der Waals surface area contributed by atoms with E-state index >= 15 is 0 Å². The number of aromatic carboxylic acids is 1. The zero-order valence-corrected chi connectivity index (χ0v) is 10.6. The van der Waals surface area contributed by atoms with Crippen LogP contribution < -0.4 is 4.35 Å². The molecule has 0 bridgehead atoms. The van der Waals surface area contributed by atoms with Gasteiger partial charge in [-0.05, 0) is 0 Å². The van der Waals surface area contributed by atoms with Crippen LogP contribution in [0.15, 0.2) is 18.2 Å². The Kier molecular flexibility index (Phi) is 3.76. The third-order valence-corrected chi connectivity index (χ3v) is 4.97. The van der Waals surface area contributed by atoms with Crippen LogP contribution in [0.25, 0.3) is 0 Å². The minimum absolute atomic E-state index is 0.451. The van der Waals surface area contributed by atoms with Crippen LogP contribution in [0.5, 0.6) is 0 Å². The van der Waals surface area contributed by atoms with Gasteiger partial charge in [-0.25, -0.2) is 0 Å². The van der Waals surface area contributed by atoms with E-state index in [1.54, 1.807) is 6.07 Å². The van der Waals surface area contributed by atoms with Crippen LogP contribution in [-0.2, 0) is 6.42 Å². The molecular weight excluding hydrogens is 239 g/mol. The van der Waals surface area contributed by atoms with Crippen molar-refractivity contribution in [1.82, 2.24) is 0 Å². The molecule has 2 nitrogen and oxygen atoms in total. The van der Waals surface area contributed by atoms with Gasteiger partial charge in [0.05, 0.1) is 0 Å². The van der Waals surface area contributed by atoms with E-state index in [9.17, 15) is 4.79 Å². The predicted molar refractivity (Wildman–Crippen MR) is 59.9 cm³/mol. The molecule has 0 heterocycles. The molecule has 0 radical (unpaired) electrons. The normalized spacial score (nSPS) is 10.6. The Labute approximate surface area is 89.2 Å².